The van der Waals surface area contributed by atoms with Gasteiger partial charge in [0.05, 0.1) is 24.9 Å². The van der Waals surface area contributed by atoms with Crippen LogP contribution in [0, 0.1) is 0 Å². The number of benzene rings is 2. The Morgan fingerprint density at radius 1 is 0.893 bits per heavy atom. The van der Waals surface area contributed by atoms with E-state index in [1.165, 1.54) is 0 Å². The highest BCUT2D eigenvalue weighted by Crippen LogP contribution is 2.27. The van der Waals surface area contributed by atoms with Gasteiger partial charge in [-0.05, 0) is 16.7 Å². The van der Waals surface area contributed by atoms with Crippen molar-refractivity contribution in [1.82, 2.24) is 4.90 Å². The summed E-state index contributed by atoms with van der Waals surface area (Å²) in [5, 5.41) is 59.3. The third kappa shape index (κ3) is 4.42. The van der Waals surface area contributed by atoms with Crippen LogP contribution in [0.2, 0.25) is 0 Å². The Bertz CT molecular complexity index is 740. The second-order valence-electron chi connectivity index (χ2n) is 7.27. The molecule has 1 aliphatic rings. The molecule has 0 aromatic heterocycles. The number of aliphatic hydroxyl groups is 6. The molecule has 0 spiro atoms. The number of hydrogen-bond acceptors (Lipinski definition) is 7. The molecule has 1 aliphatic heterocycles. The number of β-amino-alcohol motifs (C(OH)–C–C–N with tert-alkyl or cyclic N) is 1. The molecule has 152 valence electrons. The van der Waals surface area contributed by atoms with Crippen molar-refractivity contribution in [1.29, 1.82) is 0 Å². The fourth-order valence-electron chi connectivity index (χ4n) is 3.71. The molecule has 3 unspecified atom stereocenters. The molecule has 28 heavy (non-hydrogen) atoms. The lowest BCUT2D eigenvalue weighted by atomic mass is 9.96. The lowest BCUT2D eigenvalue weighted by molar-refractivity contribution is -0.114. The van der Waals surface area contributed by atoms with Crippen LogP contribution in [0.15, 0.2) is 54.6 Å². The summed E-state index contributed by atoms with van der Waals surface area (Å²) in [6, 6.07) is 16.8. The van der Waals surface area contributed by atoms with Gasteiger partial charge < -0.3 is 30.6 Å². The second kappa shape index (κ2) is 9.11. The summed E-state index contributed by atoms with van der Waals surface area (Å²) < 4.78 is 0. The Hall–Kier alpha value is -1.84. The zero-order chi connectivity index (χ0) is 20.3. The van der Waals surface area contributed by atoms with Crippen LogP contribution in [0.1, 0.15) is 5.56 Å². The molecule has 7 heteroatoms. The van der Waals surface area contributed by atoms with E-state index in [2.05, 4.69) is 0 Å². The third-order valence-corrected chi connectivity index (χ3v) is 5.32. The largest absolute Gasteiger partial charge is 0.394 e. The predicted molar refractivity (Wildman–Crippen MR) is 103 cm³/mol. The van der Waals surface area contributed by atoms with Crippen molar-refractivity contribution >= 4 is 0 Å². The lowest BCUT2D eigenvalue weighted by Crippen LogP contribution is -2.54. The monoisotopic (exact) mass is 389 g/mol. The van der Waals surface area contributed by atoms with Gasteiger partial charge in [-0.15, -0.1) is 0 Å². The van der Waals surface area contributed by atoms with Gasteiger partial charge in [-0.1, -0.05) is 54.6 Å². The van der Waals surface area contributed by atoms with Crippen molar-refractivity contribution < 1.29 is 30.6 Å². The molecule has 1 saturated heterocycles. The molecule has 0 saturated carbocycles. The summed E-state index contributed by atoms with van der Waals surface area (Å²) in [4.78, 5) is 1.67. The van der Waals surface area contributed by atoms with E-state index in [-0.39, 0.29) is 6.54 Å². The maximum Gasteiger partial charge on any atom is 0.110 e. The molecule has 0 radical (unpaired) electrons. The Kier molecular flexibility index (Phi) is 6.79. The maximum atomic E-state index is 10.4. The molecular formula is C21H27NO6. The Labute approximate surface area is 163 Å². The fourth-order valence-corrected chi connectivity index (χ4v) is 3.71. The van der Waals surface area contributed by atoms with Crippen molar-refractivity contribution in [2.24, 2.45) is 0 Å². The summed E-state index contributed by atoms with van der Waals surface area (Å²) in [7, 11) is 0. The zero-order valence-corrected chi connectivity index (χ0v) is 15.4. The SMILES string of the molecule is OCC(O)C(O)C(O)[C@H]1[C@@H](O)[C@@H](O)CN1Cc1ccc(-c2ccccc2)cc1. The predicted octanol–water partition coefficient (Wildman–Crippen LogP) is -0.665. The number of rotatable bonds is 7. The van der Waals surface area contributed by atoms with Gasteiger partial charge in [0.1, 0.15) is 18.3 Å². The Balaban J connectivity index is 1.74. The molecule has 0 bridgehead atoms. The number of aliphatic hydroxyl groups excluding tert-OH is 6. The zero-order valence-electron chi connectivity index (χ0n) is 15.4. The Morgan fingerprint density at radius 3 is 2.11 bits per heavy atom. The number of nitrogens with zero attached hydrogens (tertiary/aromatic N) is 1. The quantitative estimate of drug-likeness (QED) is 0.371. The van der Waals surface area contributed by atoms with E-state index in [9.17, 15) is 25.5 Å². The van der Waals surface area contributed by atoms with E-state index in [1.807, 2.05) is 54.6 Å². The Morgan fingerprint density at radius 2 is 1.50 bits per heavy atom. The summed E-state index contributed by atoms with van der Waals surface area (Å²) in [6.07, 6.45) is -7.07. The molecule has 0 amide bonds. The molecule has 6 N–H and O–H groups in total. The molecule has 1 fully saturated rings. The minimum absolute atomic E-state index is 0.116. The highest BCUT2D eigenvalue weighted by atomic mass is 16.4. The standard InChI is InChI=1S/C21H27NO6/c23-12-17(25)20(27)21(28)18-19(26)16(24)11-22(18)10-13-6-8-15(9-7-13)14-4-2-1-3-5-14/h1-9,16-21,23-28H,10-12H2/t16-,17?,18+,19-,20?,21?/m0/s1. The first-order valence-corrected chi connectivity index (χ1v) is 9.32. The molecule has 2 aromatic carbocycles. The van der Waals surface area contributed by atoms with Crippen LogP contribution >= 0.6 is 0 Å². The molecule has 6 atom stereocenters. The van der Waals surface area contributed by atoms with Crippen molar-refractivity contribution in [2.45, 2.75) is 43.1 Å². The van der Waals surface area contributed by atoms with E-state index in [1.54, 1.807) is 4.90 Å². The smallest absolute Gasteiger partial charge is 0.110 e. The van der Waals surface area contributed by atoms with Gasteiger partial charge in [-0.2, -0.15) is 0 Å². The number of hydrogen-bond donors (Lipinski definition) is 6. The van der Waals surface area contributed by atoms with Gasteiger partial charge in [0.25, 0.3) is 0 Å². The van der Waals surface area contributed by atoms with E-state index in [0.29, 0.717) is 6.54 Å². The molecular weight excluding hydrogens is 362 g/mol. The number of likely N-dealkylation sites (tertiary alicyclic amines) is 1. The van der Waals surface area contributed by atoms with E-state index >= 15 is 0 Å². The van der Waals surface area contributed by atoms with Crippen LogP contribution in [-0.4, -0.2) is 85.3 Å². The normalized spacial score (nSPS) is 26.1. The minimum atomic E-state index is -1.64. The highest BCUT2D eigenvalue weighted by Gasteiger charge is 2.46. The van der Waals surface area contributed by atoms with Gasteiger partial charge in [-0.3, -0.25) is 4.90 Å². The van der Waals surface area contributed by atoms with Crippen molar-refractivity contribution in [3.05, 3.63) is 60.2 Å². The van der Waals surface area contributed by atoms with Crippen LogP contribution in [0.4, 0.5) is 0 Å². The average molecular weight is 389 g/mol. The van der Waals surface area contributed by atoms with Gasteiger partial charge in [0.2, 0.25) is 0 Å². The fraction of sp³-hybridized carbons (Fsp3) is 0.429. The average Bonchev–Trinajstić information content (AvgIpc) is 3.00. The summed E-state index contributed by atoms with van der Waals surface area (Å²) in [5.74, 6) is 0. The first-order valence-electron chi connectivity index (χ1n) is 9.32. The van der Waals surface area contributed by atoms with Crippen molar-refractivity contribution in [2.75, 3.05) is 13.2 Å². The third-order valence-electron chi connectivity index (χ3n) is 5.32. The first-order chi connectivity index (χ1) is 13.4. The molecule has 0 aliphatic carbocycles. The first kappa shape index (κ1) is 20.9. The lowest BCUT2D eigenvalue weighted by Gasteiger charge is -2.33. The van der Waals surface area contributed by atoms with Crippen molar-refractivity contribution in [3.63, 3.8) is 0 Å². The van der Waals surface area contributed by atoms with Crippen molar-refractivity contribution in [3.8, 4) is 11.1 Å². The van der Waals surface area contributed by atoms with E-state index in [0.717, 1.165) is 16.7 Å². The van der Waals surface area contributed by atoms with Crippen LogP contribution in [0.25, 0.3) is 11.1 Å². The molecule has 3 rings (SSSR count). The van der Waals surface area contributed by atoms with Crippen LogP contribution in [0.5, 0.6) is 0 Å². The van der Waals surface area contributed by atoms with Crippen LogP contribution in [-0.2, 0) is 6.54 Å². The second-order valence-corrected chi connectivity index (χ2v) is 7.27. The summed E-state index contributed by atoms with van der Waals surface area (Å²) >= 11 is 0. The summed E-state index contributed by atoms with van der Waals surface area (Å²) in [5.41, 5.74) is 3.06. The topological polar surface area (TPSA) is 125 Å². The van der Waals surface area contributed by atoms with Gasteiger partial charge in [0.15, 0.2) is 0 Å². The van der Waals surface area contributed by atoms with Crippen LogP contribution < -0.4 is 0 Å². The van der Waals surface area contributed by atoms with E-state index in [4.69, 9.17) is 5.11 Å². The van der Waals surface area contributed by atoms with E-state index < -0.39 is 43.2 Å². The van der Waals surface area contributed by atoms with Gasteiger partial charge in [0, 0.05) is 13.1 Å². The highest BCUT2D eigenvalue weighted by molar-refractivity contribution is 5.63. The maximum absolute atomic E-state index is 10.4. The van der Waals surface area contributed by atoms with Gasteiger partial charge >= 0.3 is 0 Å². The molecule has 1 heterocycles. The summed E-state index contributed by atoms with van der Waals surface area (Å²) in [6.45, 7) is -0.261. The van der Waals surface area contributed by atoms with Gasteiger partial charge in [-0.25, -0.2) is 0 Å². The molecule has 7 nitrogen and oxygen atoms in total. The van der Waals surface area contributed by atoms with Crippen LogP contribution in [0.3, 0.4) is 0 Å². The minimum Gasteiger partial charge on any atom is -0.394 e. The molecule has 2 aromatic rings.